The van der Waals surface area contributed by atoms with Crippen molar-refractivity contribution in [3.8, 4) is 0 Å². The fourth-order valence-corrected chi connectivity index (χ4v) is 3.12. The van der Waals surface area contributed by atoms with Crippen molar-refractivity contribution < 1.29 is 0 Å². The van der Waals surface area contributed by atoms with Gasteiger partial charge in [0.2, 0.25) is 0 Å². The molecule has 2 aliphatic rings. The fraction of sp³-hybridized carbons (Fsp3) is 0.583. The van der Waals surface area contributed by atoms with E-state index in [0.29, 0.717) is 0 Å². The Bertz CT molecular complexity index is 391. The Morgan fingerprint density at radius 1 is 1.40 bits per heavy atom. The number of aromatic nitrogens is 1. The number of rotatable bonds is 1. The van der Waals surface area contributed by atoms with Crippen LogP contribution in [0.4, 0.5) is 5.82 Å². The van der Waals surface area contributed by atoms with Gasteiger partial charge in [0, 0.05) is 17.1 Å². The number of hydrogen-bond donors (Lipinski definition) is 0. The lowest BCUT2D eigenvalue weighted by Gasteiger charge is -2.28. The van der Waals surface area contributed by atoms with E-state index in [4.69, 9.17) is 0 Å². The summed E-state index contributed by atoms with van der Waals surface area (Å²) in [5, 5.41) is 0. The van der Waals surface area contributed by atoms with E-state index in [1.54, 1.807) is 0 Å². The zero-order valence-corrected chi connectivity index (χ0v) is 10.5. The SMILES string of the molecule is Cc1nc(N2CC3CCC2C3)ccc1Br. The van der Waals surface area contributed by atoms with Gasteiger partial charge in [-0.15, -0.1) is 0 Å². The van der Waals surface area contributed by atoms with Crippen molar-refractivity contribution in [1.82, 2.24) is 4.98 Å². The first kappa shape index (κ1) is 9.64. The number of nitrogens with zero attached hydrogens (tertiary/aromatic N) is 2. The van der Waals surface area contributed by atoms with Gasteiger partial charge in [-0.2, -0.15) is 0 Å². The standard InChI is InChI=1S/C12H15BrN2/c1-8-11(13)4-5-12(14-8)15-7-9-2-3-10(15)6-9/h4-5,9-10H,2-3,6-7H2,1H3. The van der Waals surface area contributed by atoms with Crippen molar-refractivity contribution >= 4 is 21.7 Å². The molecule has 15 heavy (non-hydrogen) atoms. The molecule has 2 fully saturated rings. The van der Waals surface area contributed by atoms with Crippen LogP contribution in [0.25, 0.3) is 0 Å². The third-order valence-corrected chi connectivity index (χ3v) is 4.55. The van der Waals surface area contributed by atoms with Crippen LogP contribution in [0.5, 0.6) is 0 Å². The van der Waals surface area contributed by atoms with Crippen LogP contribution in [0.15, 0.2) is 16.6 Å². The molecule has 1 aromatic rings. The number of anilines is 1. The molecule has 0 amide bonds. The van der Waals surface area contributed by atoms with Crippen LogP contribution in [0.2, 0.25) is 0 Å². The number of aryl methyl sites for hydroxylation is 1. The van der Waals surface area contributed by atoms with Crippen molar-refractivity contribution in [1.29, 1.82) is 0 Å². The second-order valence-electron chi connectivity index (χ2n) is 4.72. The molecule has 2 nitrogen and oxygen atoms in total. The number of pyridine rings is 1. The normalized spacial score (nSPS) is 28.8. The van der Waals surface area contributed by atoms with E-state index in [-0.39, 0.29) is 0 Å². The highest BCUT2D eigenvalue weighted by Crippen LogP contribution is 2.39. The summed E-state index contributed by atoms with van der Waals surface area (Å²) in [7, 11) is 0. The molecule has 1 aliphatic heterocycles. The van der Waals surface area contributed by atoms with Gasteiger partial charge in [-0.3, -0.25) is 0 Å². The van der Waals surface area contributed by atoms with Gasteiger partial charge in [0.25, 0.3) is 0 Å². The van der Waals surface area contributed by atoms with Crippen molar-refractivity contribution in [2.24, 2.45) is 5.92 Å². The third kappa shape index (κ3) is 1.57. The highest BCUT2D eigenvalue weighted by molar-refractivity contribution is 9.10. The van der Waals surface area contributed by atoms with Crippen LogP contribution < -0.4 is 4.90 Å². The fourth-order valence-electron chi connectivity index (χ4n) is 2.90. The lowest BCUT2D eigenvalue weighted by Crippen LogP contribution is -2.32. The molecule has 0 spiro atoms. The molecule has 0 aromatic carbocycles. The number of hydrogen-bond acceptors (Lipinski definition) is 2. The Morgan fingerprint density at radius 3 is 2.87 bits per heavy atom. The maximum Gasteiger partial charge on any atom is 0.129 e. The van der Waals surface area contributed by atoms with Gasteiger partial charge in [0.15, 0.2) is 0 Å². The molecular weight excluding hydrogens is 252 g/mol. The first-order valence-corrected chi connectivity index (χ1v) is 6.43. The highest BCUT2D eigenvalue weighted by atomic mass is 79.9. The summed E-state index contributed by atoms with van der Waals surface area (Å²) in [6.07, 6.45) is 4.18. The molecule has 1 aromatic heterocycles. The number of fused-ring (bicyclic) bond motifs is 2. The van der Waals surface area contributed by atoms with Crippen LogP contribution in [0, 0.1) is 12.8 Å². The summed E-state index contributed by atoms with van der Waals surface area (Å²) in [6, 6.07) is 5.02. The Hall–Kier alpha value is -0.570. The summed E-state index contributed by atoms with van der Waals surface area (Å²) in [6.45, 7) is 3.28. The zero-order chi connectivity index (χ0) is 10.4. The minimum absolute atomic E-state index is 0.767. The Labute approximate surface area is 98.8 Å². The van der Waals surface area contributed by atoms with Crippen LogP contribution in [0.3, 0.4) is 0 Å². The molecule has 2 atom stereocenters. The molecule has 2 unspecified atom stereocenters. The second-order valence-corrected chi connectivity index (χ2v) is 5.58. The largest absolute Gasteiger partial charge is 0.353 e. The molecule has 0 radical (unpaired) electrons. The highest BCUT2D eigenvalue weighted by Gasteiger charge is 2.38. The molecule has 2 heterocycles. The predicted octanol–water partition coefficient (Wildman–Crippen LogP) is 3.14. The van der Waals surface area contributed by atoms with E-state index >= 15 is 0 Å². The number of halogens is 1. The minimum Gasteiger partial charge on any atom is -0.353 e. The van der Waals surface area contributed by atoms with Crippen molar-refractivity contribution in [3.63, 3.8) is 0 Å². The Morgan fingerprint density at radius 2 is 2.27 bits per heavy atom. The first-order chi connectivity index (χ1) is 7.24. The van der Waals surface area contributed by atoms with Crippen molar-refractivity contribution in [2.75, 3.05) is 11.4 Å². The van der Waals surface area contributed by atoms with Gasteiger partial charge in [-0.05, 0) is 60.2 Å². The molecule has 1 saturated carbocycles. The second kappa shape index (κ2) is 3.48. The molecule has 3 rings (SSSR count). The lowest BCUT2D eigenvalue weighted by atomic mass is 10.1. The van der Waals surface area contributed by atoms with Gasteiger partial charge < -0.3 is 4.90 Å². The van der Waals surface area contributed by atoms with E-state index in [1.807, 2.05) is 0 Å². The Kier molecular flexibility index (Phi) is 2.23. The predicted molar refractivity (Wildman–Crippen MR) is 65.1 cm³/mol. The van der Waals surface area contributed by atoms with Gasteiger partial charge >= 0.3 is 0 Å². The molecule has 0 N–H and O–H groups in total. The molecule has 1 aliphatic carbocycles. The van der Waals surface area contributed by atoms with Crippen LogP contribution in [0.1, 0.15) is 25.0 Å². The average molecular weight is 267 g/mol. The minimum atomic E-state index is 0.767. The monoisotopic (exact) mass is 266 g/mol. The molecule has 2 bridgehead atoms. The van der Waals surface area contributed by atoms with Gasteiger partial charge in [-0.25, -0.2) is 4.98 Å². The number of piperidine rings is 1. The van der Waals surface area contributed by atoms with Crippen LogP contribution >= 0.6 is 15.9 Å². The van der Waals surface area contributed by atoms with Crippen molar-refractivity contribution in [3.05, 3.63) is 22.3 Å². The quantitative estimate of drug-likeness (QED) is 0.777. The lowest BCUT2D eigenvalue weighted by molar-refractivity contribution is 0.550. The Balaban J connectivity index is 1.90. The van der Waals surface area contributed by atoms with E-state index in [9.17, 15) is 0 Å². The summed E-state index contributed by atoms with van der Waals surface area (Å²) in [5.41, 5.74) is 1.09. The van der Waals surface area contributed by atoms with E-state index in [1.165, 1.54) is 31.6 Å². The summed E-state index contributed by atoms with van der Waals surface area (Å²) >= 11 is 3.50. The van der Waals surface area contributed by atoms with Crippen molar-refractivity contribution in [2.45, 2.75) is 32.2 Å². The van der Waals surface area contributed by atoms with E-state index in [2.05, 4.69) is 44.9 Å². The maximum absolute atomic E-state index is 4.65. The summed E-state index contributed by atoms with van der Waals surface area (Å²) in [4.78, 5) is 7.15. The van der Waals surface area contributed by atoms with Gasteiger partial charge in [-0.1, -0.05) is 0 Å². The molecular formula is C12H15BrN2. The summed E-state index contributed by atoms with van der Waals surface area (Å²) < 4.78 is 1.11. The zero-order valence-electron chi connectivity index (χ0n) is 8.91. The average Bonchev–Trinajstić information content (AvgIpc) is 2.83. The smallest absolute Gasteiger partial charge is 0.129 e. The van der Waals surface area contributed by atoms with Gasteiger partial charge in [0.05, 0.1) is 5.69 Å². The van der Waals surface area contributed by atoms with E-state index in [0.717, 1.165) is 22.1 Å². The molecule has 3 heteroatoms. The third-order valence-electron chi connectivity index (χ3n) is 3.71. The van der Waals surface area contributed by atoms with Gasteiger partial charge in [0.1, 0.15) is 5.82 Å². The topological polar surface area (TPSA) is 16.1 Å². The summed E-state index contributed by atoms with van der Waals surface area (Å²) in [5.74, 6) is 2.10. The molecule has 1 saturated heterocycles. The van der Waals surface area contributed by atoms with E-state index < -0.39 is 0 Å². The van der Waals surface area contributed by atoms with Crippen LogP contribution in [-0.2, 0) is 0 Å². The molecule has 80 valence electrons. The first-order valence-electron chi connectivity index (χ1n) is 5.64. The maximum atomic E-state index is 4.65. The van der Waals surface area contributed by atoms with Crippen LogP contribution in [-0.4, -0.2) is 17.6 Å².